The highest BCUT2D eigenvalue weighted by atomic mass is 32.2. The van der Waals surface area contributed by atoms with Crippen molar-refractivity contribution in [3.63, 3.8) is 0 Å². The molecule has 1 aliphatic carbocycles. The Kier molecular flexibility index (Phi) is 10.2. The van der Waals surface area contributed by atoms with Gasteiger partial charge < -0.3 is 15.0 Å². The van der Waals surface area contributed by atoms with E-state index in [2.05, 4.69) is 5.32 Å². The number of hydrogen-bond donors (Lipinski definition) is 1. The lowest BCUT2D eigenvalue weighted by Gasteiger charge is -2.32. The van der Waals surface area contributed by atoms with E-state index in [0.29, 0.717) is 17.9 Å². The molecule has 0 heterocycles. The van der Waals surface area contributed by atoms with Crippen molar-refractivity contribution in [1.82, 2.24) is 10.2 Å². The van der Waals surface area contributed by atoms with Gasteiger partial charge in [-0.3, -0.25) is 13.9 Å². The van der Waals surface area contributed by atoms with Crippen LogP contribution in [0.4, 0.5) is 14.5 Å². The van der Waals surface area contributed by atoms with Crippen LogP contribution in [-0.2, 0) is 26.2 Å². The van der Waals surface area contributed by atoms with Gasteiger partial charge in [-0.05, 0) is 92.9 Å². The number of sulfonamides is 1. The van der Waals surface area contributed by atoms with Gasteiger partial charge in [0.2, 0.25) is 11.8 Å². The summed E-state index contributed by atoms with van der Waals surface area (Å²) in [6.07, 6.45) is 3.73. The van der Waals surface area contributed by atoms with Crippen LogP contribution in [0.25, 0.3) is 0 Å². The number of carbonyl (C=O) groups is 2. The Bertz CT molecular complexity index is 1460. The van der Waals surface area contributed by atoms with Crippen molar-refractivity contribution in [1.29, 1.82) is 0 Å². The van der Waals surface area contributed by atoms with Gasteiger partial charge >= 0.3 is 0 Å². The van der Waals surface area contributed by atoms with Crippen LogP contribution in [-0.4, -0.2) is 50.4 Å². The summed E-state index contributed by atoms with van der Waals surface area (Å²) < 4.78 is 61.3. The smallest absolute Gasteiger partial charge is 0.264 e. The summed E-state index contributed by atoms with van der Waals surface area (Å²) in [6, 6.07) is 15.1. The molecule has 1 aliphatic rings. The summed E-state index contributed by atoms with van der Waals surface area (Å²) in [6.45, 7) is 3.12. The second kappa shape index (κ2) is 13.8. The van der Waals surface area contributed by atoms with Crippen LogP contribution in [0.15, 0.2) is 77.7 Å². The molecule has 1 N–H and O–H groups in total. The van der Waals surface area contributed by atoms with E-state index < -0.39 is 40.2 Å². The molecule has 2 amide bonds. The second-order valence-corrected chi connectivity index (χ2v) is 12.1. The van der Waals surface area contributed by atoms with Gasteiger partial charge in [-0.2, -0.15) is 0 Å². The molecule has 0 aliphatic heterocycles. The lowest BCUT2D eigenvalue weighted by atomic mass is 10.1. The van der Waals surface area contributed by atoms with Gasteiger partial charge in [0.1, 0.15) is 30.0 Å². The number of halogens is 2. The Balaban J connectivity index is 1.68. The number of nitrogens with zero attached hydrogens (tertiary/aromatic N) is 2. The van der Waals surface area contributed by atoms with Crippen LogP contribution in [0.3, 0.4) is 0 Å². The van der Waals surface area contributed by atoms with E-state index in [4.69, 9.17) is 4.74 Å². The predicted molar refractivity (Wildman–Crippen MR) is 155 cm³/mol. The Morgan fingerprint density at radius 2 is 1.50 bits per heavy atom. The average molecular weight is 600 g/mol. The van der Waals surface area contributed by atoms with Gasteiger partial charge in [0.25, 0.3) is 10.0 Å². The molecule has 4 rings (SSSR count). The van der Waals surface area contributed by atoms with Gasteiger partial charge in [-0.15, -0.1) is 0 Å². The molecule has 8 nitrogen and oxygen atoms in total. The Morgan fingerprint density at radius 1 is 0.929 bits per heavy atom. The first-order valence-electron chi connectivity index (χ1n) is 13.9. The van der Waals surface area contributed by atoms with Crippen molar-refractivity contribution in [2.75, 3.05) is 17.5 Å². The maximum atomic E-state index is 14.0. The van der Waals surface area contributed by atoms with Crippen LogP contribution in [0.1, 0.15) is 45.1 Å². The molecule has 0 bridgehead atoms. The molecule has 0 aromatic heterocycles. The third-order valence-electron chi connectivity index (χ3n) is 7.25. The molecule has 42 heavy (non-hydrogen) atoms. The molecule has 3 aromatic rings. The lowest BCUT2D eigenvalue weighted by Crippen LogP contribution is -2.52. The number of carbonyl (C=O) groups excluding carboxylic acids is 2. The van der Waals surface area contributed by atoms with Crippen LogP contribution < -0.4 is 14.4 Å². The molecule has 0 spiro atoms. The monoisotopic (exact) mass is 599 g/mol. The largest absolute Gasteiger partial charge is 0.494 e. The summed E-state index contributed by atoms with van der Waals surface area (Å²) in [5.41, 5.74) is 0.750. The number of nitrogens with one attached hydrogen (secondary N) is 1. The van der Waals surface area contributed by atoms with Crippen LogP contribution in [0, 0.1) is 11.6 Å². The molecule has 3 aromatic carbocycles. The van der Waals surface area contributed by atoms with E-state index >= 15 is 0 Å². The van der Waals surface area contributed by atoms with E-state index in [0.717, 1.165) is 54.3 Å². The molecule has 0 saturated heterocycles. The fraction of sp³-hybridized carbons (Fsp3) is 0.355. The zero-order chi connectivity index (χ0) is 30.3. The van der Waals surface area contributed by atoms with Crippen molar-refractivity contribution in [3.05, 3.63) is 90.0 Å². The zero-order valence-electron chi connectivity index (χ0n) is 23.6. The van der Waals surface area contributed by atoms with E-state index in [9.17, 15) is 26.8 Å². The van der Waals surface area contributed by atoms with Crippen molar-refractivity contribution >= 4 is 27.5 Å². The number of amides is 2. The minimum Gasteiger partial charge on any atom is -0.494 e. The molecule has 0 radical (unpaired) electrons. The standard InChI is InChI=1S/C31H35F2N3O5S/c1-3-41-28-16-14-27(15-17-28)36(42(39,40)29-18-12-25(33)13-19-29)21-30(37)35(20-23-8-10-24(32)11-9-23)22(2)31(38)34-26-6-4-5-7-26/h8-19,22,26H,3-7,20-21H2,1-2H3,(H,34,38)/t22-/m1/s1. The van der Waals surface area contributed by atoms with Gasteiger partial charge in [-0.25, -0.2) is 17.2 Å². The van der Waals surface area contributed by atoms with E-state index in [1.165, 1.54) is 41.3 Å². The van der Waals surface area contributed by atoms with Crippen LogP contribution >= 0.6 is 0 Å². The fourth-order valence-electron chi connectivity index (χ4n) is 4.90. The first kappa shape index (κ1) is 31.0. The number of rotatable bonds is 12. The van der Waals surface area contributed by atoms with Crippen molar-refractivity contribution in [2.24, 2.45) is 0 Å². The van der Waals surface area contributed by atoms with Gasteiger partial charge in [-0.1, -0.05) is 25.0 Å². The average Bonchev–Trinajstić information content (AvgIpc) is 3.49. The van der Waals surface area contributed by atoms with Gasteiger partial charge in [0, 0.05) is 12.6 Å². The Morgan fingerprint density at radius 3 is 2.07 bits per heavy atom. The third-order valence-corrected chi connectivity index (χ3v) is 9.04. The minimum atomic E-state index is -4.34. The molecule has 224 valence electrons. The van der Waals surface area contributed by atoms with Crippen molar-refractivity contribution in [2.45, 2.75) is 63.1 Å². The fourth-order valence-corrected chi connectivity index (χ4v) is 6.31. The highest BCUT2D eigenvalue weighted by molar-refractivity contribution is 7.92. The first-order chi connectivity index (χ1) is 20.1. The highest BCUT2D eigenvalue weighted by Gasteiger charge is 2.33. The van der Waals surface area contributed by atoms with E-state index in [1.54, 1.807) is 19.1 Å². The Hall–Kier alpha value is -3.99. The normalized spacial score (nSPS) is 14.3. The first-order valence-corrected chi connectivity index (χ1v) is 15.4. The molecule has 1 fully saturated rings. The number of hydrogen-bond acceptors (Lipinski definition) is 5. The molecule has 0 unspecified atom stereocenters. The molecule has 1 saturated carbocycles. The Labute approximate surface area is 245 Å². The van der Waals surface area contributed by atoms with E-state index in [1.807, 2.05) is 6.92 Å². The SMILES string of the molecule is CCOc1ccc(N(CC(=O)N(Cc2ccc(F)cc2)[C@H](C)C(=O)NC2CCCC2)S(=O)(=O)c2ccc(F)cc2)cc1. The summed E-state index contributed by atoms with van der Waals surface area (Å²) in [4.78, 5) is 28.3. The van der Waals surface area contributed by atoms with Crippen molar-refractivity contribution < 1.29 is 31.5 Å². The summed E-state index contributed by atoms with van der Waals surface area (Å²) >= 11 is 0. The molecule has 11 heteroatoms. The van der Waals surface area contributed by atoms with Crippen LogP contribution in [0.2, 0.25) is 0 Å². The molecular formula is C31H35F2N3O5S. The second-order valence-electron chi connectivity index (χ2n) is 10.2. The minimum absolute atomic E-state index is 0.0157. The lowest BCUT2D eigenvalue weighted by molar-refractivity contribution is -0.139. The zero-order valence-corrected chi connectivity index (χ0v) is 24.4. The molecular weight excluding hydrogens is 564 g/mol. The summed E-state index contributed by atoms with van der Waals surface area (Å²) in [5.74, 6) is -1.54. The quantitative estimate of drug-likeness (QED) is 0.315. The van der Waals surface area contributed by atoms with E-state index in [-0.39, 0.29) is 29.1 Å². The number of ether oxygens (including phenoxy) is 1. The topological polar surface area (TPSA) is 96.0 Å². The summed E-state index contributed by atoms with van der Waals surface area (Å²) in [7, 11) is -4.34. The van der Waals surface area contributed by atoms with Gasteiger partial charge in [0.15, 0.2) is 0 Å². The maximum Gasteiger partial charge on any atom is 0.264 e. The van der Waals surface area contributed by atoms with Gasteiger partial charge in [0.05, 0.1) is 17.2 Å². The highest BCUT2D eigenvalue weighted by Crippen LogP contribution is 2.27. The predicted octanol–water partition coefficient (Wildman–Crippen LogP) is 5.03. The van der Waals surface area contributed by atoms with Crippen LogP contribution in [0.5, 0.6) is 5.75 Å². The molecule has 1 atom stereocenters. The van der Waals surface area contributed by atoms with Crippen molar-refractivity contribution in [3.8, 4) is 5.75 Å². The summed E-state index contributed by atoms with van der Waals surface area (Å²) in [5, 5.41) is 3.00. The maximum absolute atomic E-state index is 14.0. The number of benzene rings is 3. The third kappa shape index (κ3) is 7.64. The number of anilines is 1.